The average molecular weight is 562 g/mol. The highest BCUT2D eigenvalue weighted by Crippen LogP contribution is 2.69. The monoisotopic (exact) mass is 561 g/mol. The SMILES string of the molecule is CN1C[C@H](c2ccc(Cl)cc2Cl)C2(C(=O)c3ccccc3C2=O)[C@@]12c1ccccc1-c1nc3ccccc3nc12. The molecule has 5 nitrogen and oxygen atoms in total. The minimum absolute atomic E-state index is 0.217. The van der Waals surface area contributed by atoms with Crippen molar-refractivity contribution >= 4 is 45.8 Å². The number of likely N-dealkylation sites (tertiary alicyclic amines) is 1. The molecule has 0 bridgehead atoms. The van der Waals surface area contributed by atoms with Gasteiger partial charge in [0.2, 0.25) is 0 Å². The molecule has 5 aromatic rings. The highest BCUT2D eigenvalue weighted by Gasteiger charge is 2.77. The molecule has 2 aliphatic carbocycles. The van der Waals surface area contributed by atoms with Gasteiger partial charge < -0.3 is 0 Å². The van der Waals surface area contributed by atoms with Crippen LogP contribution in [0.4, 0.5) is 0 Å². The third kappa shape index (κ3) is 2.63. The molecule has 2 heterocycles. The summed E-state index contributed by atoms with van der Waals surface area (Å²) in [5.74, 6) is -1.00. The predicted molar refractivity (Wildman–Crippen MR) is 155 cm³/mol. The van der Waals surface area contributed by atoms with Crippen LogP contribution in [0.2, 0.25) is 10.0 Å². The molecule has 0 unspecified atom stereocenters. The van der Waals surface area contributed by atoms with E-state index in [9.17, 15) is 0 Å². The second-order valence-corrected chi connectivity index (χ2v) is 11.6. The van der Waals surface area contributed by atoms with E-state index in [2.05, 4.69) is 4.90 Å². The van der Waals surface area contributed by atoms with Crippen LogP contribution in [0.1, 0.15) is 43.5 Å². The zero-order valence-electron chi connectivity index (χ0n) is 21.4. The maximum atomic E-state index is 15.0. The van der Waals surface area contributed by atoms with Gasteiger partial charge in [-0.15, -0.1) is 0 Å². The van der Waals surface area contributed by atoms with Crippen LogP contribution < -0.4 is 0 Å². The van der Waals surface area contributed by atoms with Gasteiger partial charge in [0, 0.05) is 39.2 Å². The van der Waals surface area contributed by atoms with Gasteiger partial charge in [0.05, 0.1) is 22.4 Å². The lowest BCUT2D eigenvalue weighted by Crippen LogP contribution is -2.56. The number of hydrogen-bond donors (Lipinski definition) is 0. The summed E-state index contributed by atoms with van der Waals surface area (Å²) in [6.45, 7) is 0.398. The number of fused-ring (bicyclic) bond motifs is 8. The maximum Gasteiger partial charge on any atom is 0.180 e. The number of Topliss-reactive ketones (excluding diaryl/α,β-unsaturated/α-hetero) is 2. The first-order valence-corrected chi connectivity index (χ1v) is 13.9. The van der Waals surface area contributed by atoms with Crippen LogP contribution in [-0.4, -0.2) is 40.0 Å². The number of benzene rings is 4. The van der Waals surface area contributed by atoms with Gasteiger partial charge in [-0.1, -0.05) is 89.9 Å². The molecular formula is C33H21Cl2N3O2. The summed E-state index contributed by atoms with van der Waals surface area (Å²) in [5.41, 5.74) is 3.30. The van der Waals surface area contributed by atoms with Crippen molar-refractivity contribution in [1.29, 1.82) is 0 Å². The normalized spacial score (nSPS) is 22.3. The van der Waals surface area contributed by atoms with Crippen molar-refractivity contribution in [2.24, 2.45) is 5.41 Å². The van der Waals surface area contributed by atoms with Gasteiger partial charge in [0.25, 0.3) is 0 Å². The van der Waals surface area contributed by atoms with E-state index in [1.165, 1.54) is 0 Å². The molecule has 2 atom stereocenters. The lowest BCUT2D eigenvalue weighted by molar-refractivity contribution is 0.0462. The van der Waals surface area contributed by atoms with E-state index in [0.29, 0.717) is 50.2 Å². The molecule has 1 fully saturated rings. The Balaban J connectivity index is 1.55. The van der Waals surface area contributed by atoms with Gasteiger partial charge >= 0.3 is 0 Å². The van der Waals surface area contributed by atoms with Crippen molar-refractivity contribution < 1.29 is 9.59 Å². The Labute approximate surface area is 240 Å². The first-order valence-electron chi connectivity index (χ1n) is 13.1. The van der Waals surface area contributed by atoms with Crippen LogP contribution in [0, 0.1) is 5.41 Å². The van der Waals surface area contributed by atoms with E-state index in [0.717, 1.165) is 16.6 Å². The number of ketones is 2. The zero-order chi connectivity index (χ0) is 27.4. The number of rotatable bonds is 1. The molecule has 7 heteroatoms. The summed E-state index contributed by atoms with van der Waals surface area (Å²) in [6, 6.07) is 28.1. The summed E-state index contributed by atoms with van der Waals surface area (Å²) < 4.78 is 0. The van der Waals surface area contributed by atoms with Gasteiger partial charge in [-0.25, -0.2) is 9.97 Å². The Kier molecular flexibility index (Phi) is 4.83. The largest absolute Gasteiger partial charge is 0.293 e. The summed E-state index contributed by atoms with van der Waals surface area (Å²) >= 11 is 13.1. The van der Waals surface area contributed by atoms with E-state index < -0.39 is 16.9 Å². The molecule has 2 spiro atoms. The minimum atomic E-state index is -1.57. The number of carbonyl (C=O) groups is 2. The number of hydrogen-bond acceptors (Lipinski definition) is 5. The highest BCUT2D eigenvalue weighted by atomic mass is 35.5. The van der Waals surface area contributed by atoms with E-state index in [1.54, 1.807) is 24.3 Å². The minimum Gasteiger partial charge on any atom is -0.293 e. The smallest absolute Gasteiger partial charge is 0.180 e. The summed E-state index contributed by atoms with van der Waals surface area (Å²) in [6.07, 6.45) is 0. The van der Waals surface area contributed by atoms with E-state index in [4.69, 9.17) is 33.2 Å². The number of para-hydroxylation sites is 2. The van der Waals surface area contributed by atoms with Crippen molar-refractivity contribution in [2.45, 2.75) is 11.5 Å². The average Bonchev–Trinajstić information content (AvgIpc) is 3.50. The molecule has 1 saturated heterocycles. The fourth-order valence-electron chi connectivity index (χ4n) is 7.63. The van der Waals surface area contributed by atoms with Crippen molar-refractivity contribution in [3.05, 3.63) is 129 Å². The van der Waals surface area contributed by atoms with Crippen LogP contribution in [0.15, 0.2) is 91.0 Å². The number of nitrogens with zero attached hydrogens (tertiary/aromatic N) is 3. The lowest BCUT2D eigenvalue weighted by Gasteiger charge is -2.44. The molecule has 4 aromatic carbocycles. The van der Waals surface area contributed by atoms with E-state index in [-0.39, 0.29) is 11.6 Å². The summed E-state index contributed by atoms with van der Waals surface area (Å²) in [4.78, 5) is 42.4. The lowest BCUT2D eigenvalue weighted by atomic mass is 9.58. The molecule has 8 rings (SSSR count). The number of halogens is 2. The second kappa shape index (κ2) is 8.07. The van der Waals surface area contributed by atoms with Crippen LogP contribution >= 0.6 is 23.2 Å². The van der Waals surface area contributed by atoms with Gasteiger partial charge in [-0.2, -0.15) is 0 Å². The Hall–Kier alpha value is -3.90. The molecular weight excluding hydrogens is 541 g/mol. The van der Waals surface area contributed by atoms with Crippen LogP contribution in [-0.2, 0) is 5.54 Å². The molecule has 3 aliphatic rings. The molecule has 0 saturated carbocycles. The Morgan fingerprint density at radius 2 is 1.38 bits per heavy atom. The molecule has 0 N–H and O–H groups in total. The summed E-state index contributed by atoms with van der Waals surface area (Å²) in [5, 5.41) is 0.917. The van der Waals surface area contributed by atoms with Gasteiger partial charge in [-0.05, 0) is 42.4 Å². The highest BCUT2D eigenvalue weighted by molar-refractivity contribution is 6.36. The Morgan fingerprint density at radius 1 is 0.775 bits per heavy atom. The first kappa shape index (κ1) is 23.9. The molecule has 0 radical (unpaired) electrons. The van der Waals surface area contributed by atoms with E-state index >= 15 is 9.59 Å². The molecule has 1 aliphatic heterocycles. The van der Waals surface area contributed by atoms with Crippen LogP contribution in [0.3, 0.4) is 0 Å². The topological polar surface area (TPSA) is 63.2 Å². The van der Waals surface area contributed by atoms with E-state index in [1.807, 2.05) is 73.8 Å². The molecule has 194 valence electrons. The van der Waals surface area contributed by atoms with Crippen molar-refractivity contribution in [3.63, 3.8) is 0 Å². The standard InChI is InChI=1S/C33H21Cl2N3O2/c1-38-17-24(21-15-14-18(34)16-25(21)35)32(30(39)19-8-2-3-9-20(19)31(32)40)33(38)23-11-5-4-10-22(23)28-29(33)37-27-13-7-6-12-26(27)36-28/h2-16,24H,17H2,1H3/t24-,33+/m1/s1. The number of likely N-dealkylation sites (N-methyl/N-ethyl adjacent to an activating group) is 1. The zero-order valence-corrected chi connectivity index (χ0v) is 22.9. The summed E-state index contributed by atoms with van der Waals surface area (Å²) in [7, 11) is 1.97. The van der Waals surface area contributed by atoms with Gasteiger partial charge in [0.1, 0.15) is 11.0 Å². The van der Waals surface area contributed by atoms with Gasteiger partial charge in [-0.3, -0.25) is 14.5 Å². The first-order chi connectivity index (χ1) is 19.4. The fraction of sp³-hybridized carbons (Fsp3) is 0.152. The van der Waals surface area contributed by atoms with Crippen LogP contribution in [0.25, 0.3) is 22.3 Å². The van der Waals surface area contributed by atoms with Crippen molar-refractivity contribution in [1.82, 2.24) is 14.9 Å². The third-order valence-corrected chi connectivity index (χ3v) is 9.64. The molecule has 40 heavy (non-hydrogen) atoms. The number of carbonyl (C=O) groups excluding carboxylic acids is 2. The molecule has 1 aromatic heterocycles. The Morgan fingerprint density at radius 3 is 2.05 bits per heavy atom. The van der Waals surface area contributed by atoms with Crippen molar-refractivity contribution in [3.8, 4) is 11.3 Å². The predicted octanol–water partition coefficient (Wildman–Crippen LogP) is 6.96. The van der Waals surface area contributed by atoms with Crippen LogP contribution in [0.5, 0.6) is 0 Å². The molecule has 0 amide bonds. The second-order valence-electron chi connectivity index (χ2n) is 10.8. The fourth-order valence-corrected chi connectivity index (χ4v) is 8.17. The Bertz CT molecular complexity index is 1920. The van der Waals surface area contributed by atoms with Gasteiger partial charge in [0.15, 0.2) is 11.6 Å². The number of aromatic nitrogens is 2. The van der Waals surface area contributed by atoms with Crippen molar-refractivity contribution in [2.75, 3.05) is 13.6 Å². The third-order valence-electron chi connectivity index (χ3n) is 9.08. The maximum absolute atomic E-state index is 15.0. The quantitative estimate of drug-likeness (QED) is 0.207.